The van der Waals surface area contributed by atoms with E-state index in [0.29, 0.717) is 6.07 Å². The molecule has 1 aromatic carbocycles. The van der Waals surface area contributed by atoms with Gasteiger partial charge in [-0.15, -0.1) is 0 Å². The average molecular weight is 260 g/mol. The van der Waals surface area contributed by atoms with E-state index in [2.05, 4.69) is 0 Å². The number of carbonyl (C=O) groups excluding carboxylic acids is 2. The molecule has 0 unspecified atom stereocenters. The molecule has 0 spiro atoms. The first-order chi connectivity index (χ1) is 8.31. The molecule has 0 heterocycles. The smallest absolute Gasteiger partial charge is 0.420 e. The van der Waals surface area contributed by atoms with Crippen LogP contribution in [0.4, 0.5) is 13.2 Å². The van der Waals surface area contributed by atoms with E-state index in [9.17, 15) is 22.8 Å². The Morgan fingerprint density at radius 1 is 1.39 bits per heavy atom. The molecule has 0 aliphatic heterocycles. The van der Waals surface area contributed by atoms with Crippen molar-refractivity contribution in [3.63, 3.8) is 0 Å². The number of carbonyl (C=O) groups is 2. The third kappa shape index (κ3) is 2.88. The molecule has 0 N–H and O–H groups in total. The lowest BCUT2D eigenvalue weighted by Crippen LogP contribution is -2.12. The topological polar surface area (TPSA) is 43.4 Å². The number of rotatable bonds is 4. The summed E-state index contributed by atoms with van der Waals surface area (Å²) in [5, 5.41) is 0. The van der Waals surface area contributed by atoms with Crippen LogP contribution in [0, 0.1) is 0 Å². The molecule has 0 fully saturated rings. The van der Waals surface area contributed by atoms with Gasteiger partial charge in [0.2, 0.25) is 0 Å². The zero-order valence-corrected chi connectivity index (χ0v) is 9.80. The van der Waals surface area contributed by atoms with E-state index in [1.54, 1.807) is 0 Å². The van der Waals surface area contributed by atoms with Gasteiger partial charge >= 0.3 is 6.18 Å². The summed E-state index contributed by atoms with van der Waals surface area (Å²) < 4.78 is 43.3. The van der Waals surface area contributed by atoms with E-state index in [1.807, 2.05) is 0 Å². The summed E-state index contributed by atoms with van der Waals surface area (Å²) in [7, 11) is 0. The Morgan fingerprint density at radius 3 is 2.39 bits per heavy atom. The van der Waals surface area contributed by atoms with Crippen LogP contribution in [-0.2, 0) is 6.18 Å². The van der Waals surface area contributed by atoms with Crippen molar-refractivity contribution in [3.8, 4) is 5.75 Å². The van der Waals surface area contributed by atoms with Gasteiger partial charge < -0.3 is 4.74 Å². The van der Waals surface area contributed by atoms with Gasteiger partial charge in [-0.25, -0.2) is 0 Å². The van der Waals surface area contributed by atoms with Gasteiger partial charge in [-0.3, -0.25) is 9.59 Å². The number of hydrogen-bond donors (Lipinski definition) is 0. The molecule has 18 heavy (non-hydrogen) atoms. The van der Waals surface area contributed by atoms with Crippen molar-refractivity contribution >= 4 is 12.1 Å². The molecule has 0 amide bonds. The Hall–Kier alpha value is -1.85. The number of benzene rings is 1. The van der Waals surface area contributed by atoms with Gasteiger partial charge in [0, 0.05) is 5.56 Å². The SMILES string of the molecule is CCOc1c(C=O)cc(C(C)=O)cc1C(F)(F)F. The Labute approximate surface area is 102 Å². The third-order valence-corrected chi connectivity index (χ3v) is 2.25. The summed E-state index contributed by atoms with van der Waals surface area (Å²) in [5.74, 6) is -1.09. The first-order valence-corrected chi connectivity index (χ1v) is 5.15. The monoisotopic (exact) mass is 260 g/mol. The minimum Gasteiger partial charge on any atom is -0.492 e. The number of halogens is 3. The first kappa shape index (κ1) is 14.2. The number of ketones is 1. The molecule has 0 aliphatic rings. The van der Waals surface area contributed by atoms with Gasteiger partial charge in [-0.05, 0) is 26.0 Å². The highest BCUT2D eigenvalue weighted by Crippen LogP contribution is 2.38. The molecule has 0 atom stereocenters. The zero-order valence-electron chi connectivity index (χ0n) is 9.80. The molecule has 0 radical (unpaired) electrons. The summed E-state index contributed by atoms with van der Waals surface area (Å²) in [4.78, 5) is 21.9. The molecule has 6 heteroatoms. The van der Waals surface area contributed by atoms with Gasteiger partial charge in [0.25, 0.3) is 0 Å². The number of ether oxygens (including phenoxy) is 1. The fourth-order valence-corrected chi connectivity index (χ4v) is 1.46. The predicted molar refractivity (Wildman–Crippen MR) is 58.0 cm³/mol. The molecule has 1 rings (SSSR count). The summed E-state index contributed by atoms with van der Waals surface area (Å²) in [5.41, 5.74) is -1.57. The van der Waals surface area contributed by atoms with Crippen LogP contribution in [0.1, 0.15) is 40.1 Å². The second-order valence-electron chi connectivity index (χ2n) is 3.55. The maximum Gasteiger partial charge on any atom is 0.420 e. The van der Waals surface area contributed by atoms with E-state index in [4.69, 9.17) is 4.74 Å². The molecule has 0 aliphatic carbocycles. The summed E-state index contributed by atoms with van der Waals surface area (Å²) >= 11 is 0. The van der Waals surface area contributed by atoms with Gasteiger partial charge in [0.1, 0.15) is 5.75 Å². The molecule has 98 valence electrons. The highest BCUT2D eigenvalue weighted by molar-refractivity contribution is 5.97. The lowest BCUT2D eigenvalue weighted by molar-refractivity contribution is -0.138. The fraction of sp³-hybridized carbons (Fsp3) is 0.333. The molecule has 0 saturated heterocycles. The molecule has 3 nitrogen and oxygen atoms in total. The Kier molecular flexibility index (Phi) is 4.11. The van der Waals surface area contributed by atoms with Crippen LogP contribution >= 0.6 is 0 Å². The minimum atomic E-state index is -4.69. The van der Waals surface area contributed by atoms with Crippen LogP contribution < -0.4 is 4.74 Å². The van der Waals surface area contributed by atoms with E-state index in [0.717, 1.165) is 13.0 Å². The molecular formula is C12H11F3O3. The number of aldehydes is 1. The van der Waals surface area contributed by atoms with Gasteiger partial charge in [-0.1, -0.05) is 0 Å². The van der Waals surface area contributed by atoms with Crippen LogP contribution in [-0.4, -0.2) is 18.7 Å². The Morgan fingerprint density at radius 2 is 2.00 bits per heavy atom. The van der Waals surface area contributed by atoms with Crippen molar-refractivity contribution < 1.29 is 27.5 Å². The summed E-state index contributed by atoms with van der Waals surface area (Å²) in [6.07, 6.45) is -4.44. The highest BCUT2D eigenvalue weighted by Gasteiger charge is 2.36. The molecular weight excluding hydrogens is 249 g/mol. The maximum atomic E-state index is 12.8. The Bertz CT molecular complexity index is 478. The van der Waals surface area contributed by atoms with E-state index >= 15 is 0 Å². The molecule has 0 saturated carbocycles. The second kappa shape index (κ2) is 5.20. The third-order valence-electron chi connectivity index (χ3n) is 2.25. The average Bonchev–Trinajstić information content (AvgIpc) is 2.27. The first-order valence-electron chi connectivity index (χ1n) is 5.15. The lowest BCUT2D eigenvalue weighted by Gasteiger charge is -2.16. The van der Waals surface area contributed by atoms with E-state index < -0.39 is 23.3 Å². The minimum absolute atomic E-state index is 0.0106. The van der Waals surface area contributed by atoms with E-state index in [-0.39, 0.29) is 24.0 Å². The van der Waals surface area contributed by atoms with Crippen LogP contribution in [0.5, 0.6) is 5.75 Å². The van der Waals surface area contributed by atoms with Crippen molar-refractivity contribution in [1.82, 2.24) is 0 Å². The highest BCUT2D eigenvalue weighted by atomic mass is 19.4. The van der Waals surface area contributed by atoms with Crippen LogP contribution in [0.2, 0.25) is 0 Å². The predicted octanol–water partition coefficient (Wildman–Crippen LogP) is 3.12. The second-order valence-corrected chi connectivity index (χ2v) is 3.55. The quantitative estimate of drug-likeness (QED) is 0.617. The Balaban J connectivity index is 3.56. The molecule has 0 bridgehead atoms. The lowest BCUT2D eigenvalue weighted by atomic mass is 10.0. The van der Waals surface area contributed by atoms with Crippen LogP contribution in [0.3, 0.4) is 0 Å². The van der Waals surface area contributed by atoms with Crippen molar-refractivity contribution in [3.05, 3.63) is 28.8 Å². The van der Waals surface area contributed by atoms with Gasteiger partial charge in [-0.2, -0.15) is 13.2 Å². The van der Waals surface area contributed by atoms with Crippen molar-refractivity contribution in [2.45, 2.75) is 20.0 Å². The number of hydrogen-bond acceptors (Lipinski definition) is 3. The summed E-state index contributed by atoms with van der Waals surface area (Å²) in [6.45, 7) is 2.63. The summed E-state index contributed by atoms with van der Waals surface area (Å²) in [6, 6.07) is 1.79. The fourth-order valence-electron chi connectivity index (χ4n) is 1.46. The standard InChI is InChI=1S/C12H11F3O3/c1-3-18-11-9(6-16)4-8(7(2)17)5-10(11)12(13,14)15/h4-6H,3H2,1-2H3. The molecule has 0 aromatic heterocycles. The van der Waals surface area contributed by atoms with Crippen LogP contribution in [0.25, 0.3) is 0 Å². The zero-order chi connectivity index (χ0) is 13.9. The van der Waals surface area contributed by atoms with Crippen molar-refractivity contribution in [2.75, 3.05) is 6.61 Å². The normalized spacial score (nSPS) is 11.2. The molecule has 1 aromatic rings. The van der Waals surface area contributed by atoms with Crippen LogP contribution in [0.15, 0.2) is 12.1 Å². The van der Waals surface area contributed by atoms with Gasteiger partial charge in [0.05, 0.1) is 17.7 Å². The maximum absolute atomic E-state index is 12.8. The van der Waals surface area contributed by atoms with Crippen molar-refractivity contribution in [2.24, 2.45) is 0 Å². The van der Waals surface area contributed by atoms with Crippen molar-refractivity contribution in [1.29, 1.82) is 0 Å². The van der Waals surface area contributed by atoms with Gasteiger partial charge in [0.15, 0.2) is 12.1 Å². The largest absolute Gasteiger partial charge is 0.492 e. The van der Waals surface area contributed by atoms with E-state index in [1.165, 1.54) is 6.92 Å². The number of Topliss-reactive ketones (excluding diaryl/α,β-unsaturated/α-hetero) is 1. The number of alkyl halides is 3.